The Bertz CT molecular complexity index is 927. The van der Waals surface area contributed by atoms with Gasteiger partial charge in [-0.15, -0.1) is 0 Å². The number of aromatic amines is 1. The van der Waals surface area contributed by atoms with E-state index in [1.165, 1.54) is 12.1 Å². The normalized spacial score (nSPS) is 16.6. The van der Waals surface area contributed by atoms with Crippen LogP contribution >= 0.6 is 0 Å². The maximum Gasteiger partial charge on any atom is 0.227 e. The van der Waals surface area contributed by atoms with Crippen LogP contribution in [0, 0.1) is 11.7 Å². The average Bonchev–Trinajstić information content (AvgIpc) is 3.33. The summed E-state index contributed by atoms with van der Waals surface area (Å²) in [6, 6.07) is 9.99. The first-order valence-corrected chi connectivity index (χ1v) is 9.01. The molecule has 138 valence electrons. The molecule has 1 fully saturated rings. The molecule has 0 spiro atoms. The number of aromatic nitrogens is 4. The second kappa shape index (κ2) is 7.65. The zero-order chi connectivity index (χ0) is 18.6. The number of hydrogen-bond acceptors (Lipinski definition) is 4. The van der Waals surface area contributed by atoms with E-state index in [1.54, 1.807) is 24.5 Å². The van der Waals surface area contributed by atoms with Gasteiger partial charge in [-0.2, -0.15) is 5.10 Å². The van der Waals surface area contributed by atoms with Crippen LogP contribution in [0.25, 0.3) is 11.4 Å². The molecular weight excluding hydrogens is 345 g/mol. The molecule has 7 heteroatoms. The van der Waals surface area contributed by atoms with E-state index in [0.717, 1.165) is 30.8 Å². The SMILES string of the molecule is O=C(Cc1cccc(F)c1)N1CCC(Cc2nc(-c3cccnc3)n[nH]2)C1. The summed E-state index contributed by atoms with van der Waals surface area (Å²) in [5.74, 6) is 1.52. The van der Waals surface area contributed by atoms with Crippen molar-refractivity contribution in [2.45, 2.75) is 19.3 Å². The number of hydrogen-bond donors (Lipinski definition) is 1. The van der Waals surface area contributed by atoms with Gasteiger partial charge in [0.1, 0.15) is 11.6 Å². The van der Waals surface area contributed by atoms with Gasteiger partial charge in [-0.05, 0) is 42.2 Å². The first kappa shape index (κ1) is 17.3. The monoisotopic (exact) mass is 365 g/mol. The second-order valence-corrected chi connectivity index (χ2v) is 6.85. The lowest BCUT2D eigenvalue weighted by Crippen LogP contribution is -2.30. The number of halogens is 1. The minimum atomic E-state index is -0.311. The standard InChI is InChI=1S/C20H20FN5O/c21-17-5-1-3-14(9-17)11-19(27)26-8-6-15(13-26)10-18-23-20(25-24-18)16-4-2-7-22-12-16/h1-5,7,9,12,15H,6,8,10-11,13H2,(H,23,24,25). The number of nitrogens with one attached hydrogen (secondary N) is 1. The van der Waals surface area contributed by atoms with Crippen molar-refractivity contribution < 1.29 is 9.18 Å². The highest BCUT2D eigenvalue weighted by atomic mass is 19.1. The van der Waals surface area contributed by atoms with Crippen LogP contribution in [0.15, 0.2) is 48.8 Å². The van der Waals surface area contributed by atoms with E-state index in [0.29, 0.717) is 23.9 Å². The number of nitrogens with zero attached hydrogens (tertiary/aromatic N) is 4. The van der Waals surface area contributed by atoms with Gasteiger partial charge in [-0.25, -0.2) is 9.37 Å². The van der Waals surface area contributed by atoms with Crippen LogP contribution in [0.2, 0.25) is 0 Å². The lowest BCUT2D eigenvalue weighted by molar-refractivity contribution is -0.129. The first-order valence-electron chi connectivity index (χ1n) is 9.01. The summed E-state index contributed by atoms with van der Waals surface area (Å²) in [6.45, 7) is 1.42. The Morgan fingerprint density at radius 1 is 1.30 bits per heavy atom. The third-order valence-corrected chi connectivity index (χ3v) is 4.82. The molecule has 1 atom stereocenters. The number of H-pyrrole nitrogens is 1. The van der Waals surface area contributed by atoms with Gasteiger partial charge in [0.05, 0.1) is 6.42 Å². The second-order valence-electron chi connectivity index (χ2n) is 6.85. The number of amides is 1. The van der Waals surface area contributed by atoms with Crippen molar-refractivity contribution in [3.8, 4) is 11.4 Å². The molecule has 0 radical (unpaired) electrons. The Morgan fingerprint density at radius 2 is 2.22 bits per heavy atom. The van der Waals surface area contributed by atoms with Gasteiger partial charge in [0.2, 0.25) is 5.91 Å². The van der Waals surface area contributed by atoms with Crippen molar-refractivity contribution in [3.05, 3.63) is 66.0 Å². The minimum Gasteiger partial charge on any atom is -0.342 e. The van der Waals surface area contributed by atoms with Gasteiger partial charge >= 0.3 is 0 Å². The fraction of sp³-hybridized carbons (Fsp3) is 0.300. The molecular formula is C20H20FN5O. The lowest BCUT2D eigenvalue weighted by atomic mass is 10.0. The van der Waals surface area contributed by atoms with E-state index >= 15 is 0 Å². The number of rotatable bonds is 5. The van der Waals surface area contributed by atoms with Crippen LogP contribution < -0.4 is 0 Å². The van der Waals surface area contributed by atoms with Crippen molar-refractivity contribution in [3.63, 3.8) is 0 Å². The number of carbonyl (C=O) groups excluding carboxylic acids is 1. The van der Waals surface area contributed by atoms with E-state index < -0.39 is 0 Å². The zero-order valence-electron chi connectivity index (χ0n) is 14.8. The van der Waals surface area contributed by atoms with E-state index in [2.05, 4.69) is 20.2 Å². The number of likely N-dealkylation sites (tertiary alicyclic amines) is 1. The smallest absolute Gasteiger partial charge is 0.227 e. The molecule has 1 unspecified atom stereocenters. The molecule has 4 rings (SSSR count). The van der Waals surface area contributed by atoms with E-state index in [1.807, 2.05) is 17.0 Å². The fourth-order valence-electron chi connectivity index (χ4n) is 3.44. The Hall–Kier alpha value is -3.09. The van der Waals surface area contributed by atoms with Crippen LogP contribution in [0.3, 0.4) is 0 Å². The zero-order valence-corrected chi connectivity index (χ0v) is 14.8. The highest BCUT2D eigenvalue weighted by Crippen LogP contribution is 2.22. The molecule has 1 amide bonds. The molecule has 2 aromatic heterocycles. The van der Waals surface area contributed by atoms with Crippen LogP contribution in [-0.4, -0.2) is 44.1 Å². The molecule has 0 saturated carbocycles. The maximum absolute atomic E-state index is 13.3. The molecule has 1 aliphatic heterocycles. The van der Waals surface area contributed by atoms with Crippen LogP contribution in [-0.2, 0) is 17.6 Å². The molecule has 1 aromatic carbocycles. The van der Waals surface area contributed by atoms with E-state index in [4.69, 9.17) is 0 Å². The molecule has 6 nitrogen and oxygen atoms in total. The van der Waals surface area contributed by atoms with Crippen LogP contribution in [0.1, 0.15) is 17.8 Å². The Balaban J connectivity index is 1.33. The summed E-state index contributed by atoms with van der Waals surface area (Å²) in [5, 5.41) is 7.24. The summed E-state index contributed by atoms with van der Waals surface area (Å²) in [7, 11) is 0. The Labute approximate surface area is 156 Å². The molecule has 0 aliphatic carbocycles. The summed E-state index contributed by atoms with van der Waals surface area (Å²) < 4.78 is 13.3. The van der Waals surface area contributed by atoms with Gasteiger partial charge in [0, 0.05) is 37.5 Å². The molecule has 1 aliphatic rings. The number of carbonyl (C=O) groups is 1. The van der Waals surface area contributed by atoms with Crippen LogP contribution in [0.4, 0.5) is 4.39 Å². The third kappa shape index (κ3) is 4.19. The van der Waals surface area contributed by atoms with Gasteiger partial charge in [0.25, 0.3) is 0 Å². The quantitative estimate of drug-likeness (QED) is 0.754. The molecule has 3 aromatic rings. The largest absolute Gasteiger partial charge is 0.342 e. The van der Waals surface area contributed by atoms with Gasteiger partial charge in [-0.1, -0.05) is 12.1 Å². The third-order valence-electron chi connectivity index (χ3n) is 4.82. The minimum absolute atomic E-state index is 0.0386. The number of pyridine rings is 1. The molecule has 1 saturated heterocycles. The predicted molar refractivity (Wildman–Crippen MR) is 98.1 cm³/mol. The predicted octanol–water partition coefficient (Wildman–Crippen LogP) is 2.64. The Morgan fingerprint density at radius 3 is 3.04 bits per heavy atom. The summed E-state index contributed by atoms with van der Waals surface area (Å²) in [6.07, 6.45) is 5.35. The van der Waals surface area contributed by atoms with E-state index in [9.17, 15) is 9.18 Å². The first-order chi connectivity index (χ1) is 13.2. The van der Waals surface area contributed by atoms with Crippen molar-refractivity contribution in [1.29, 1.82) is 0 Å². The molecule has 3 heterocycles. The number of benzene rings is 1. The molecule has 0 bridgehead atoms. The van der Waals surface area contributed by atoms with Gasteiger partial charge in [-0.3, -0.25) is 14.9 Å². The summed E-state index contributed by atoms with van der Waals surface area (Å²) in [4.78, 5) is 22.9. The van der Waals surface area contributed by atoms with E-state index in [-0.39, 0.29) is 18.1 Å². The Kier molecular flexibility index (Phi) is 4.91. The van der Waals surface area contributed by atoms with Crippen molar-refractivity contribution in [2.75, 3.05) is 13.1 Å². The van der Waals surface area contributed by atoms with Crippen molar-refractivity contribution >= 4 is 5.91 Å². The maximum atomic E-state index is 13.3. The molecule has 1 N–H and O–H groups in total. The lowest BCUT2D eigenvalue weighted by Gasteiger charge is -2.16. The highest BCUT2D eigenvalue weighted by Gasteiger charge is 2.27. The topological polar surface area (TPSA) is 74.8 Å². The van der Waals surface area contributed by atoms with Gasteiger partial charge in [0.15, 0.2) is 5.82 Å². The van der Waals surface area contributed by atoms with Crippen molar-refractivity contribution in [1.82, 2.24) is 25.1 Å². The van der Waals surface area contributed by atoms with Crippen LogP contribution in [0.5, 0.6) is 0 Å². The van der Waals surface area contributed by atoms with Crippen molar-refractivity contribution in [2.24, 2.45) is 5.92 Å². The average molecular weight is 365 g/mol. The highest BCUT2D eigenvalue weighted by molar-refractivity contribution is 5.79. The summed E-state index contributed by atoms with van der Waals surface area (Å²) >= 11 is 0. The molecule has 27 heavy (non-hydrogen) atoms. The fourth-order valence-corrected chi connectivity index (χ4v) is 3.44. The van der Waals surface area contributed by atoms with Gasteiger partial charge < -0.3 is 4.90 Å². The summed E-state index contributed by atoms with van der Waals surface area (Å²) in [5.41, 5.74) is 1.58.